The monoisotopic (exact) mass is 260 g/mol. The molecular weight excluding hydrogens is 236 g/mol. The minimum absolute atomic E-state index is 0.175. The van der Waals surface area contributed by atoms with Crippen LogP contribution in [-0.2, 0) is 10.2 Å². The van der Waals surface area contributed by atoms with Crippen LogP contribution < -0.4 is 4.74 Å². The number of Topliss-reactive ketones (excluding diaryl/α,β-unsaturated/α-hetero) is 1. The van der Waals surface area contributed by atoms with E-state index in [0.29, 0.717) is 12.4 Å². The molecule has 1 aliphatic carbocycles. The summed E-state index contributed by atoms with van der Waals surface area (Å²) in [6.07, 6.45) is 3.74. The Morgan fingerprint density at radius 3 is 2.42 bits per heavy atom. The lowest BCUT2D eigenvalue weighted by atomic mass is 9.87. The van der Waals surface area contributed by atoms with E-state index in [1.54, 1.807) is 0 Å². The average Bonchev–Trinajstić information content (AvgIpc) is 2.75. The third-order valence-corrected chi connectivity index (χ3v) is 3.89. The van der Waals surface area contributed by atoms with E-state index in [4.69, 9.17) is 4.74 Å². The number of rotatable bonds is 4. The molecule has 104 valence electrons. The third-order valence-electron chi connectivity index (χ3n) is 3.89. The summed E-state index contributed by atoms with van der Waals surface area (Å²) in [5.74, 6) is 1.57. The van der Waals surface area contributed by atoms with Crippen molar-refractivity contribution in [3.63, 3.8) is 0 Å². The van der Waals surface area contributed by atoms with E-state index < -0.39 is 0 Å². The van der Waals surface area contributed by atoms with Crippen LogP contribution in [0, 0.1) is 5.92 Å². The summed E-state index contributed by atoms with van der Waals surface area (Å²) in [6, 6.07) is 8.29. The van der Waals surface area contributed by atoms with Crippen LogP contribution in [-0.4, -0.2) is 12.4 Å². The Morgan fingerprint density at radius 2 is 1.89 bits per heavy atom. The first-order valence-electron chi connectivity index (χ1n) is 7.23. The number of hydrogen-bond donors (Lipinski definition) is 0. The van der Waals surface area contributed by atoms with Gasteiger partial charge in [0.2, 0.25) is 0 Å². The molecule has 2 heteroatoms. The zero-order chi connectivity index (χ0) is 13.9. The normalized spacial score (nSPS) is 19.7. The molecule has 0 amide bonds. The summed E-state index contributed by atoms with van der Waals surface area (Å²) in [5.41, 5.74) is 1.49. The molecule has 1 aromatic carbocycles. The highest BCUT2D eigenvalue weighted by Crippen LogP contribution is 2.26. The van der Waals surface area contributed by atoms with E-state index in [1.165, 1.54) is 5.56 Å². The molecule has 1 aromatic rings. The highest BCUT2D eigenvalue weighted by atomic mass is 16.5. The van der Waals surface area contributed by atoms with Gasteiger partial charge in [0, 0.05) is 12.3 Å². The van der Waals surface area contributed by atoms with Gasteiger partial charge in [-0.1, -0.05) is 32.9 Å². The van der Waals surface area contributed by atoms with Gasteiger partial charge in [0.25, 0.3) is 0 Å². The maximum atomic E-state index is 11.5. The van der Waals surface area contributed by atoms with Crippen LogP contribution in [0.1, 0.15) is 52.0 Å². The van der Waals surface area contributed by atoms with E-state index in [-0.39, 0.29) is 11.3 Å². The molecule has 1 aliphatic rings. The van der Waals surface area contributed by atoms with Crippen molar-refractivity contribution in [3.05, 3.63) is 29.8 Å². The first-order valence-corrected chi connectivity index (χ1v) is 7.23. The van der Waals surface area contributed by atoms with Crippen molar-refractivity contribution in [3.8, 4) is 5.75 Å². The fourth-order valence-electron chi connectivity index (χ4n) is 2.56. The number of carbonyl (C=O) groups excluding carboxylic acids is 1. The van der Waals surface area contributed by atoms with E-state index in [0.717, 1.165) is 31.4 Å². The Balaban J connectivity index is 1.82. The Morgan fingerprint density at radius 1 is 1.21 bits per heavy atom. The molecule has 0 spiro atoms. The fraction of sp³-hybridized carbons (Fsp3) is 0.588. The second-order valence-electron chi connectivity index (χ2n) is 6.47. The maximum Gasteiger partial charge on any atom is 0.136 e. The van der Waals surface area contributed by atoms with E-state index in [2.05, 4.69) is 32.9 Å². The van der Waals surface area contributed by atoms with Crippen molar-refractivity contribution < 1.29 is 9.53 Å². The minimum atomic E-state index is 0.175. The predicted molar refractivity (Wildman–Crippen MR) is 77.6 cm³/mol. The summed E-state index contributed by atoms with van der Waals surface area (Å²) < 4.78 is 5.73. The van der Waals surface area contributed by atoms with Gasteiger partial charge in [0.1, 0.15) is 11.5 Å². The smallest absolute Gasteiger partial charge is 0.136 e. The lowest BCUT2D eigenvalue weighted by Gasteiger charge is -2.19. The van der Waals surface area contributed by atoms with Gasteiger partial charge in [0.15, 0.2) is 0 Å². The molecule has 2 nitrogen and oxygen atoms in total. The summed E-state index contributed by atoms with van der Waals surface area (Å²) >= 11 is 0. The lowest BCUT2D eigenvalue weighted by Crippen LogP contribution is -2.12. The molecule has 1 atom stereocenters. The Kier molecular flexibility index (Phi) is 4.28. The molecule has 0 aliphatic heterocycles. The van der Waals surface area contributed by atoms with Gasteiger partial charge in [0.05, 0.1) is 6.61 Å². The number of carbonyl (C=O) groups is 1. The van der Waals surface area contributed by atoms with E-state index in [9.17, 15) is 4.79 Å². The van der Waals surface area contributed by atoms with Crippen LogP contribution in [0.5, 0.6) is 5.75 Å². The molecule has 1 saturated carbocycles. The molecule has 1 unspecified atom stereocenters. The molecule has 0 bridgehead atoms. The SMILES string of the molecule is CC(C)(C)c1ccc(OCCC2CCCC2=O)cc1. The Bertz CT molecular complexity index is 426. The molecule has 0 N–H and O–H groups in total. The van der Waals surface area contributed by atoms with Crippen LogP contribution in [0.4, 0.5) is 0 Å². The molecular formula is C17H24O2. The molecule has 0 heterocycles. The van der Waals surface area contributed by atoms with E-state index >= 15 is 0 Å². The molecule has 19 heavy (non-hydrogen) atoms. The van der Waals surface area contributed by atoms with Crippen LogP contribution >= 0.6 is 0 Å². The summed E-state index contributed by atoms with van der Waals surface area (Å²) in [6.45, 7) is 7.25. The lowest BCUT2D eigenvalue weighted by molar-refractivity contribution is -0.121. The van der Waals surface area contributed by atoms with Gasteiger partial charge < -0.3 is 4.74 Å². The molecule has 1 fully saturated rings. The highest BCUT2D eigenvalue weighted by Gasteiger charge is 2.23. The van der Waals surface area contributed by atoms with E-state index in [1.807, 2.05) is 12.1 Å². The average molecular weight is 260 g/mol. The topological polar surface area (TPSA) is 26.3 Å². The quantitative estimate of drug-likeness (QED) is 0.814. The second-order valence-corrected chi connectivity index (χ2v) is 6.47. The Hall–Kier alpha value is -1.31. The zero-order valence-electron chi connectivity index (χ0n) is 12.2. The van der Waals surface area contributed by atoms with Crippen molar-refractivity contribution >= 4 is 5.78 Å². The van der Waals surface area contributed by atoms with Crippen molar-refractivity contribution in [1.29, 1.82) is 0 Å². The fourth-order valence-corrected chi connectivity index (χ4v) is 2.56. The Labute approximate surface area is 116 Å². The van der Waals surface area contributed by atoms with Gasteiger partial charge in [-0.2, -0.15) is 0 Å². The molecule has 0 radical (unpaired) electrons. The number of ketones is 1. The predicted octanol–water partition coefficient (Wildman–Crippen LogP) is 4.12. The summed E-state index contributed by atoms with van der Waals surface area (Å²) in [7, 11) is 0. The van der Waals surface area contributed by atoms with Gasteiger partial charge in [-0.05, 0) is 42.4 Å². The first kappa shape index (κ1) is 14.1. The van der Waals surface area contributed by atoms with Crippen molar-refractivity contribution in [2.75, 3.05) is 6.61 Å². The third kappa shape index (κ3) is 3.82. The number of hydrogen-bond acceptors (Lipinski definition) is 2. The second kappa shape index (κ2) is 5.77. The molecule has 2 rings (SSSR count). The zero-order valence-corrected chi connectivity index (χ0v) is 12.2. The highest BCUT2D eigenvalue weighted by molar-refractivity contribution is 5.82. The summed E-state index contributed by atoms with van der Waals surface area (Å²) in [4.78, 5) is 11.5. The molecule has 0 saturated heterocycles. The number of benzene rings is 1. The maximum absolute atomic E-state index is 11.5. The van der Waals surface area contributed by atoms with Crippen LogP contribution in [0.3, 0.4) is 0 Å². The number of ether oxygens (including phenoxy) is 1. The van der Waals surface area contributed by atoms with Crippen molar-refractivity contribution in [2.45, 2.75) is 51.9 Å². The van der Waals surface area contributed by atoms with Gasteiger partial charge in [-0.3, -0.25) is 4.79 Å². The van der Waals surface area contributed by atoms with Gasteiger partial charge in [-0.15, -0.1) is 0 Å². The van der Waals surface area contributed by atoms with Gasteiger partial charge in [-0.25, -0.2) is 0 Å². The van der Waals surface area contributed by atoms with Crippen LogP contribution in [0.2, 0.25) is 0 Å². The van der Waals surface area contributed by atoms with Crippen LogP contribution in [0.25, 0.3) is 0 Å². The standard InChI is InChI=1S/C17H24O2/c1-17(2,3)14-7-9-15(10-8-14)19-12-11-13-5-4-6-16(13)18/h7-10,13H,4-6,11-12H2,1-3H3. The first-order chi connectivity index (χ1) is 8.97. The van der Waals surface area contributed by atoms with Gasteiger partial charge >= 0.3 is 0 Å². The van der Waals surface area contributed by atoms with Crippen molar-refractivity contribution in [1.82, 2.24) is 0 Å². The minimum Gasteiger partial charge on any atom is -0.494 e. The largest absolute Gasteiger partial charge is 0.494 e. The summed E-state index contributed by atoms with van der Waals surface area (Å²) in [5, 5.41) is 0. The molecule has 0 aromatic heterocycles. The van der Waals surface area contributed by atoms with Crippen molar-refractivity contribution in [2.24, 2.45) is 5.92 Å². The van der Waals surface area contributed by atoms with Crippen LogP contribution in [0.15, 0.2) is 24.3 Å².